The van der Waals surface area contributed by atoms with Crippen LogP contribution in [-0.2, 0) is 0 Å². The van der Waals surface area contributed by atoms with Crippen LogP contribution in [0.25, 0.3) is 10.2 Å². The minimum atomic E-state index is -4.84. The summed E-state index contributed by atoms with van der Waals surface area (Å²) in [7, 11) is 0. The zero-order valence-electron chi connectivity index (χ0n) is 17.2. The monoisotopic (exact) mass is 541 g/mol. The first-order chi connectivity index (χ1) is 16.6. The van der Waals surface area contributed by atoms with Gasteiger partial charge >= 0.3 is 12.4 Å². The van der Waals surface area contributed by atoms with Gasteiger partial charge in [-0.1, -0.05) is 46.7 Å². The van der Waals surface area contributed by atoms with Gasteiger partial charge in [0.2, 0.25) is 0 Å². The molecule has 0 aliphatic carbocycles. The van der Waals surface area contributed by atoms with E-state index in [1.165, 1.54) is 18.2 Å². The number of benzene rings is 3. The molecule has 1 heterocycles. The van der Waals surface area contributed by atoms with E-state index in [9.17, 15) is 22.8 Å². The van der Waals surface area contributed by atoms with E-state index in [1.54, 1.807) is 30.3 Å². The number of rotatable bonds is 5. The molecule has 0 bridgehead atoms. The van der Waals surface area contributed by atoms with Gasteiger partial charge in [0, 0.05) is 12.1 Å². The van der Waals surface area contributed by atoms with Crippen molar-refractivity contribution in [3.63, 3.8) is 0 Å². The Hall–Kier alpha value is -3.54. The Bertz CT molecular complexity index is 1430. The van der Waals surface area contributed by atoms with Crippen LogP contribution in [0, 0.1) is 0 Å². The molecule has 4 aromatic rings. The van der Waals surface area contributed by atoms with E-state index in [1.807, 2.05) is 0 Å². The van der Waals surface area contributed by atoms with Crippen molar-refractivity contribution in [2.45, 2.75) is 6.36 Å². The molecule has 0 atom stereocenters. The van der Waals surface area contributed by atoms with Crippen LogP contribution in [0.3, 0.4) is 0 Å². The summed E-state index contributed by atoms with van der Waals surface area (Å²) in [5.74, 6) is -0.707. The first-order valence-electron chi connectivity index (χ1n) is 9.58. The summed E-state index contributed by atoms with van der Waals surface area (Å²) in [6.45, 7) is 0. The predicted molar refractivity (Wildman–Crippen MR) is 126 cm³/mol. The third-order valence-electron chi connectivity index (χ3n) is 4.29. The van der Waals surface area contributed by atoms with Crippen LogP contribution in [0.1, 0.15) is 10.4 Å². The number of fused-ring (bicyclic) bond motifs is 1. The first kappa shape index (κ1) is 24.6. The topological polar surface area (TPSA) is 89.6 Å². The molecule has 0 fully saturated rings. The Morgan fingerprint density at radius 3 is 2.40 bits per heavy atom. The maximum atomic E-state index is 12.4. The quantitative estimate of drug-likeness (QED) is 0.277. The smallest absolute Gasteiger partial charge is 0.456 e. The van der Waals surface area contributed by atoms with Crippen LogP contribution < -0.4 is 20.1 Å². The number of carbonyl (C=O) groups is 2. The Morgan fingerprint density at radius 2 is 1.69 bits per heavy atom. The number of halogens is 5. The molecule has 0 aliphatic rings. The van der Waals surface area contributed by atoms with Gasteiger partial charge in [0.15, 0.2) is 5.13 Å². The van der Waals surface area contributed by atoms with Crippen molar-refractivity contribution in [2.24, 2.45) is 0 Å². The van der Waals surface area contributed by atoms with Gasteiger partial charge in [0.1, 0.15) is 17.2 Å². The molecule has 0 spiro atoms. The van der Waals surface area contributed by atoms with Crippen molar-refractivity contribution in [3.05, 3.63) is 76.3 Å². The number of amides is 3. The average molecular weight is 542 g/mol. The fourth-order valence-corrected chi connectivity index (χ4v) is 4.17. The Kier molecular flexibility index (Phi) is 7.01. The maximum Gasteiger partial charge on any atom is 0.573 e. The van der Waals surface area contributed by atoms with Crippen LogP contribution in [0.5, 0.6) is 17.2 Å². The lowest BCUT2D eigenvalue weighted by Crippen LogP contribution is -2.34. The highest BCUT2D eigenvalue weighted by Gasteiger charge is 2.31. The second-order valence-electron chi connectivity index (χ2n) is 6.78. The molecule has 13 heteroatoms. The molecule has 180 valence electrons. The molecule has 4 rings (SSSR count). The second-order valence-corrected chi connectivity index (χ2v) is 8.62. The van der Waals surface area contributed by atoms with Crippen molar-refractivity contribution >= 4 is 61.8 Å². The summed E-state index contributed by atoms with van der Waals surface area (Å²) in [6, 6.07) is 13.6. The molecule has 2 N–H and O–H groups in total. The molecule has 0 saturated carbocycles. The van der Waals surface area contributed by atoms with Crippen molar-refractivity contribution < 1.29 is 32.2 Å². The van der Waals surface area contributed by atoms with Gasteiger partial charge in [0.25, 0.3) is 5.91 Å². The highest BCUT2D eigenvalue weighted by Crippen LogP contribution is 2.36. The largest absolute Gasteiger partial charge is 0.573 e. The minimum absolute atomic E-state index is 0.0848. The number of thiazole rings is 1. The van der Waals surface area contributed by atoms with Gasteiger partial charge in [-0.25, -0.2) is 9.78 Å². The zero-order valence-corrected chi connectivity index (χ0v) is 19.5. The predicted octanol–water partition coefficient (Wildman–Crippen LogP) is 7.26. The van der Waals surface area contributed by atoms with Crippen molar-refractivity contribution in [1.29, 1.82) is 0 Å². The summed E-state index contributed by atoms with van der Waals surface area (Å²) < 4.78 is 47.2. The summed E-state index contributed by atoms with van der Waals surface area (Å²) >= 11 is 13.1. The lowest BCUT2D eigenvalue weighted by molar-refractivity contribution is -0.274. The third-order valence-corrected chi connectivity index (χ3v) is 5.85. The lowest BCUT2D eigenvalue weighted by Gasteiger charge is -2.11. The summed E-state index contributed by atoms with van der Waals surface area (Å²) in [4.78, 5) is 28.7. The molecule has 0 saturated heterocycles. The molecule has 7 nitrogen and oxygen atoms in total. The standard InChI is InChI=1S/C22H12Cl2F3N3O4S/c23-14-4-2-1-3-13(14)19(31)29-20(32)30-21-28-16-7-5-11(10-18(16)35-21)33-17-8-6-12(9-15(17)24)34-22(25,26)27/h1-10H,(H2,28,29,30,31,32). The van der Waals surface area contributed by atoms with Crippen LogP contribution in [0.4, 0.5) is 23.1 Å². The number of hydrogen-bond donors (Lipinski definition) is 2. The Labute approximate surface area is 209 Å². The number of imide groups is 1. The van der Waals surface area contributed by atoms with Crippen molar-refractivity contribution in [1.82, 2.24) is 10.3 Å². The number of alkyl halides is 3. The minimum Gasteiger partial charge on any atom is -0.456 e. The van der Waals surface area contributed by atoms with Crippen LogP contribution in [0.2, 0.25) is 10.0 Å². The number of nitrogens with zero attached hydrogens (tertiary/aromatic N) is 1. The molecule has 3 amide bonds. The summed E-state index contributed by atoms with van der Waals surface area (Å²) in [5.41, 5.74) is 0.683. The molecular weight excluding hydrogens is 530 g/mol. The summed E-state index contributed by atoms with van der Waals surface area (Å²) in [6.07, 6.45) is -4.84. The SMILES string of the molecule is O=C(NC(=O)c1ccccc1Cl)Nc1nc2ccc(Oc3ccc(OC(F)(F)F)cc3Cl)cc2s1. The van der Waals surface area contributed by atoms with Gasteiger partial charge in [-0.2, -0.15) is 0 Å². The lowest BCUT2D eigenvalue weighted by atomic mass is 10.2. The fourth-order valence-electron chi connectivity index (χ4n) is 2.85. The van der Waals surface area contributed by atoms with E-state index in [-0.39, 0.29) is 26.5 Å². The van der Waals surface area contributed by atoms with Crippen LogP contribution in [-0.4, -0.2) is 23.3 Å². The number of hydrogen-bond acceptors (Lipinski definition) is 6. The maximum absolute atomic E-state index is 12.4. The van der Waals surface area contributed by atoms with Crippen molar-refractivity contribution in [3.8, 4) is 17.2 Å². The Balaban J connectivity index is 1.43. The van der Waals surface area contributed by atoms with Gasteiger partial charge in [0.05, 0.1) is 25.8 Å². The molecular formula is C22H12Cl2F3N3O4S. The van der Waals surface area contributed by atoms with E-state index < -0.39 is 24.1 Å². The zero-order chi connectivity index (χ0) is 25.2. The van der Waals surface area contributed by atoms with E-state index in [4.69, 9.17) is 27.9 Å². The molecule has 0 aliphatic heterocycles. The molecule has 0 unspecified atom stereocenters. The second kappa shape index (κ2) is 9.98. The van der Waals surface area contributed by atoms with Gasteiger partial charge < -0.3 is 9.47 Å². The van der Waals surface area contributed by atoms with Gasteiger partial charge in [-0.05, 0) is 36.4 Å². The van der Waals surface area contributed by atoms with Gasteiger partial charge in [-0.15, -0.1) is 13.2 Å². The number of nitrogens with one attached hydrogen (secondary N) is 2. The van der Waals surface area contributed by atoms with Gasteiger partial charge in [-0.3, -0.25) is 15.4 Å². The molecule has 1 aromatic heterocycles. The molecule has 35 heavy (non-hydrogen) atoms. The highest BCUT2D eigenvalue weighted by molar-refractivity contribution is 7.22. The molecule has 0 radical (unpaired) electrons. The number of ether oxygens (including phenoxy) is 2. The number of anilines is 1. The normalized spacial score (nSPS) is 11.2. The van der Waals surface area contributed by atoms with Crippen molar-refractivity contribution in [2.75, 3.05) is 5.32 Å². The summed E-state index contributed by atoms with van der Waals surface area (Å²) in [5, 5.41) is 4.99. The number of carbonyl (C=O) groups excluding carboxylic acids is 2. The molecule has 3 aromatic carbocycles. The number of urea groups is 1. The van der Waals surface area contributed by atoms with E-state index >= 15 is 0 Å². The van der Waals surface area contributed by atoms with E-state index in [2.05, 4.69) is 20.4 Å². The van der Waals surface area contributed by atoms with Crippen LogP contribution in [0.15, 0.2) is 60.7 Å². The van der Waals surface area contributed by atoms with E-state index in [0.29, 0.717) is 16.0 Å². The van der Waals surface area contributed by atoms with E-state index in [0.717, 1.165) is 23.5 Å². The third kappa shape index (κ3) is 6.32. The number of aromatic nitrogens is 1. The fraction of sp³-hybridized carbons (Fsp3) is 0.0455. The first-order valence-corrected chi connectivity index (χ1v) is 11.2. The van der Waals surface area contributed by atoms with Crippen LogP contribution >= 0.6 is 34.5 Å². The average Bonchev–Trinajstić information content (AvgIpc) is 3.16. The Morgan fingerprint density at radius 1 is 0.943 bits per heavy atom. The highest BCUT2D eigenvalue weighted by atomic mass is 35.5.